The largest absolute Gasteiger partial charge is 0.379 e. The lowest BCUT2D eigenvalue weighted by Gasteiger charge is -2.43. The number of rotatable bonds is 3. The molecule has 1 aliphatic rings. The van der Waals surface area contributed by atoms with Crippen LogP contribution in [0.4, 0.5) is 0 Å². The summed E-state index contributed by atoms with van der Waals surface area (Å²) < 4.78 is 5.42. The third-order valence-electron chi connectivity index (χ3n) is 3.68. The van der Waals surface area contributed by atoms with Gasteiger partial charge in [0.25, 0.3) is 0 Å². The first-order chi connectivity index (χ1) is 8.09. The monoisotopic (exact) mass is 229 g/mol. The highest BCUT2D eigenvalue weighted by Gasteiger charge is 2.41. The van der Waals surface area contributed by atoms with E-state index in [0.717, 1.165) is 19.6 Å². The third kappa shape index (κ3) is 2.08. The molecule has 17 heavy (non-hydrogen) atoms. The van der Waals surface area contributed by atoms with Gasteiger partial charge in [0.05, 0.1) is 19.3 Å². The van der Waals surface area contributed by atoms with Gasteiger partial charge in [-0.15, -0.1) is 0 Å². The van der Waals surface area contributed by atoms with Crippen LogP contribution in [0.1, 0.15) is 35.1 Å². The van der Waals surface area contributed by atoms with Gasteiger partial charge in [0.2, 0.25) is 0 Å². The molecule has 0 saturated carbocycles. The molecule has 0 atom stereocenters. The van der Waals surface area contributed by atoms with Gasteiger partial charge in [0, 0.05) is 11.8 Å². The minimum atomic E-state index is 0.0948. The molecule has 2 rings (SSSR count). The van der Waals surface area contributed by atoms with Gasteiger partial charge in [-0.25, -0.2) is 0 Å². The van der Waals surface area contributed by atoms with Crippen LogP contribution in [0.3, 0.4) is 0 Å². The van der Waals surface area contributed by atoms with Crippen LogP contribution < -0.4 is 0 Å². The normalized spacial score (nSPS) is 17.3. The van der Waals surface area contributed by atoms with Crippen LogP contribution in [-0.2, 0) is 10.2 Å². The average molecular weight is 229 g/mol. The Hall–Kier alpha value is -1.33. The van der Waals surface area contributed by atoms with Crippen molar-refractivity contribution in [3.63, 3.8) is 0 Å². The average Bonchev–Trinajstić information content (AvgIpc) is 2.19. The summed E-state index contributed by atoms with van der Waals surface area (Å²) in [5.41, 5.74) is 5.48. The van der Waals surface area contributed by atoms with Crippen molar-refractivity contribution in [2.75, 3.05) is 13.2 Å². The van der Waals surface area contributed by atoms with Crippen LogP contribution in [-0.4, -0.2) is 13.2 Å². The maximum absolute atomic E-state index is 8.79. The summed E-state index contributed by atoms with van der Waals surface area (Å²) in [6.45, 7) is 7.99. The van der Waals surface area contributed by atoms with E-state index in [1.807, 2.05) is 0 Å². The summed E-state index contributed by atoms with van der Waals surface area (Å²) in [5.74, 6) is 0. The second-order valence-corrected chi connectivity index (χ2v) is 5.20. The van der Waals surface area contributed by atoms with Gasteiger partial charge in [-0.1, -0.05) is 17.7 Å². The highest BCUT2D eigenvalue weighted by atomic mass is 16.5. The third-order valence-corrected chi connectivity index (χ3v) is 3.68. The van der Waals surface area contributed by atoms with Crippen molar-refractivity contribution in [1.29, 1.82) is 5.26 Å². The second kappa shape index (κ2) is 4.50. The van der Waals surface area contributed by atoms with E-state index in [2.05, 4.69) is 39.0 Å². The van der Waals surface area contributed by atoms with E-state index in [4.69, 9.17) is 10.00 Å². The van der Waals surface area contributed by atoms with Crippen molar-refractivity contribution >= 4 is 0 Å². The van der Waals surface area contributed by atoms with Crippen molar-refractivity contribution in [3.8, 4) is 6.07 Å². The molecule has 1 saturated heterocycles. The molecule has 90 valence electrons. The Labute approximate surface area is 103 Å². The zero-order valence-corrected chi connectivity index (χ0v) is 10.8. The molecule has 1 aliphatic heterocycles. The number of benzene rings is 1. The molecule has 0 amide bonds. The Kier molecular flexibility index (Phi) is 3.22. The fourth-order valence-corrected chi connectivity index (χ4v) is 3.07. The molecule has 1 heterocycles. The topological polar surface area (TPSA) is 33.0 Å². The molecule has 1 aromatic rings. The minimum absolute atomic E-state index is 0.0948. The van der Waals surface area contributed by atoms with Crippen LogP contribution in [0.15, 0.2) is 12.1 Å². The predicted molar refractivity (Wildman–Crippen MR) is 68.0 cm³/mol. The number of ether oxygens (including phenoxy) is 1. The standard InChI is InChI=1S/C15H19NO/c1-11-7-12(2)14(13(3)8-11)15(5-4-6-16)9-17-10-15/h7-8H,4-5,9-10H2,1-3H3. The van der Waals surface area contributed by atoms with Crippen molar-refractivity contribution in [3.05, 3.63) is 34.4 Å². The molecule has 0 radical (unpaired) electrons. The second-order valence-electron chi connectivity index (χ2n) is 5.20. The molecule has 0 spiro atoms. The first kappa shape index (κ1) is 12.1. The van der Waals surface area contributed by atoms with E-state index in [-0.39, 0.29) is 5.41 Å². The van der Waals surface area contributed by atoms with Gasteiger partial charge in [0.15, 0.2) is 0 Å². The van der Waals surface area contributed by atoms with Crippen LogP contribution in [0.2, 0.25) is 0 Å². The molecular weight excluding hydrogens is 210 g/mol. The highest BCUT2D eigenvalue weighted by Crippen LogP contribution is 2.40. The molecule has 0 bridgehead atoms. The van der Waals surface area contributed by atoms with E-state index >= 15 is 0 Å². The maximum Gasteiger partial charge on any atom is 0.0622 e. The summed E-state index contributed by atoms with van der Waals surface area (Å²) in [4.78, 5) is 0. The minimum Gasteiger partial charge on any atom is -0.379 e. The van der Waals surface area contributed by atoms with E-state index in [9.17, 15) is 0 Å². The lowest BCUT2D eigenvalue weighted by Crippen LogP contribution is -2.47. The lowest BCUT2D eigenvalue weighted by molar-refractivity contribution is -0.0643. The SMILES string of the molecule is Cc1cc(C)c(C2(CCC#N)COC2)c(C)c1. The van der Waals surface area contributed by atoms with Crippen LogP contribution >= 0.6 is 0 Å². The molecule has 1 fully saturated rings. The zero-order valence-electron chi connectivity index (χ0n) is 10.8. The number of aryl methyl sites for hydroxylation is 3. The molecule has 2 heteroatoms. The molecular formula is C15H19NO. The van der Waals surface area contributed by atoms with E-state index in [1.165, 1.54) is 22.3 Å². The van der Waals surface area contributed by atoms with E-state index < -0.39 is 0 Å². The van der Waals surface area contributed by atoms with Crippen LogP contribution in [0.5, 0.6) is 0 Å². The Bertz CT molecular complexity index is 443. The van der Waals surface area contributed by atoms with Gasteiger partial charge in [-0.2, -0.15) is 5.26 Å². The van der Waals surface area contributed by atoms with Crippen molar-refractivity contribution in [2.24, 2.45) is 0 Å². The van der Waals surface area contributed by atoms with Gasteiger partial charge in [-0.05, 0) is 43.9 Å². The smallest absolute Gasteiger partial charge is 0.0622 e. The summed E-state index contributed by atoms with van der Waals surface area (Å²) in [7, 11) is 0. The summed E-state index contributed by atoms with van der Waals surface area (Å²) >= 11 is 0. The fourth-order valence-electron chi connectivity index (χ4n) is 3.07. The predicted octanol–water partition coefficient (Wildman–Crippen LogP) is 3.18. The maximum atomic E-state index is 8.79. The number of hydrogen-bond acceptors (Lipinski definition) is 2. The van der Waals surface area contributed by atoms with Gasteiger partial charge in [0.1, 0.15) is 0 Å². The fraction of sp³-hybridized carbons (Fsp3) is 0.533. The number of nitriles is 1. The number of nitrogens with zero attached hydrogens (tertiary/aromatic N) is 1. The molecule has 0 aliphatic carbocycles. The van der Waals surface area contributed by atoms with Gasteiger partial charge < -0.3 is 4.74 Å². The van der Waals surface area contributed by atoms with Crippen LogP contribution in [0, 0.1) is 32.1 Å². The van der Waals surface area contributed by atoms with Crippen LogP contribution in [0.25, 0.3) is 0 Å². The van der Waals surface area contributed by atoms with Crippen molar-refractivity contribution < 1.29 is 4.74 Å². The Morgan fingerprint density at radius 2 is 1.82 bits per heavy atom. The Balaban J connectivity index is 2.41. The molecule has 0 unspecified atom stereocenters. The quantitative estimate of drug-likeness (QED) is 0.797. The Morgan fingerprint density at radius 1 is 1.24 bits per heavy atom. The molecule has 1 aromatic carbocycles. The van der Waals surface area contributed by atoms with Crippen molar-refractivity contribution in [1.82, 2.24) is 0 Å². The molecule has 2 nitrogen and oxygen atoms in total. The van der Waals surface area contributed by atoms with E-state index in [1.54, 1.807) is 0 Å². The highest BCUT2D eigenvalue weighted by molar-refractivity contribution is 5.44. The Morgan fingerprint density at radius 3 is 2.24 bits per heavy atom. The van der Waals surface area contributed by atoms with Gasteiger partial charge >= 0.3 is 0 Å². The van der Waals surface area contributed by atoms with Crippen molar-refractivity contribution in [2.45, 2.75) is 39.0 Å². The summed E-state index contributed by atoms with van der Waals surface area (Å²) in [6.07, 6.45) is 1.52. The zero-order chi connectivity index (χ0) is 12.5. The lowest BCUT2D eigenvalue weighted by atomic mass is 9.71. The summed E-state index contributed by atoms with van der Waals surface area (Å²) in [5, 5.41) is 8.79. The first-order valence-electron chi connectivity index (χ1n) is 6.12. The molecule has 0 N–H and O–H groups in total. The van der Waals surface area contributed by atoms with Gasteiger partial charge in [-0.3, -0.25) is 0 Å². The first-order valence-corrected chi connectivity index (χ1v) is 6.12. The summed E-state index contributed by atoms with van der Waals surface area (Å²) in [6, 6.07) is 6.72. The van der Waals surface area contributed by atoms with E-state index in [0.29, 0.717) is 6.42 Å². The molecule has 0 aromatic heterocycles. The number of hydrogen-bond donors (Lipinski definition) is 0.